The number of rotatable bonds is 5. The van der Waals surface area contributed by atoms with Gasteiger partial charge in [0.25, 0.3) is 5.91 Å². The van der Waals surface area contributed by atoms with Gasteiger partial charge in [-0.3, -0.25) is 19.6 Å². The third kappa shape index (κ3) is 5.59. The molecule has 176 valence electrons. The molecule has 2 aromatic rings. The molecule has 7 heteroatoms. The van der Waals surface area contributed by atoms with Gasteiger partial charge in [0.15, 0.2) is 0 Å². The standard InChI is InChI=1S/C26H33N3O4/c1-25(2,3)19-9-11-20(12-10-19)29(22(17-30)18-8-7-14-27-16-18)23(31)21-13-15-28(21)24(32)33-26(4,5)6/h7-12,14,16-17,21-22H,13,15H2,1-6H3. The number of aromatic nitrogens is 1. The molecule has 2 heterocycles. The molecule has 7 nitrogen and oxygen atoms in total. The molecule has 1 fully saturated rings. The highest BCUT2D eigenvalue weighted by molar-refractivity contribution is 6.02. The van der Waals surface area contributed by atoms with E-state index in [-0.39, 0.29) is 11.3 Å². The summed E-state index contributed by atoms with van der Waals surface area (Å²) in [4.78, 5) is 45.7. The number of pyridine rings is 1. The zero-order chi connectivity index (χ0) is 24.4. The van der Waals surface area contributed by atoms with E-state index in [9.17, 15) is 14.4 Å². The summed E-state index contributed by atoms with van der Waals surface area (Å²) in [7, 11) is 0. The van der Waals surface area contributed by atoms with Crippen LogP contribution in [0.2, 0.25) is 0 Å². The smallest absolute Gasteiger partial charge is 0.410 e. The van der Waals surface area contributed by atoms with Crippen LogP contribution in [0.4, 0.5) is 10.5 Å². The Morgan fingerprint density at radius 1 is 1.12 bits per heavy atom. The molecule has 1 saturated heterocycles. The molecule has 0 spiro atoms. The minimum absolute atomic E-state index is 0.0533. The zero-order valence-electron chi connectivity index (χ0n) is 20.2. The quantitative estimate of drug-likeness (QED) is 0.618. The zero-order valence-corrected chi connectivity index (χ0v) is 20.2. The minimum Gasteiger partial charge on any atom is -0.444 e. The van der Waals surface area contributed by atoms with E-state index >= 15 is 0 Å². The van der Waals surface area contributed by atoms with Crippen molar-refractivity contribution in [2.45, 2.75) is 71.1 Å². The lowest BCUT2D eigenvalue weighted by Gasteiger charge is -2.43. The van der Waals surface area contributed by atoms with Crippen molar-refractivity contribution in [3.8, 4) is 0 Å². The molecule has 0 saturated carbocycles. The van der Waals surface area contributed by atoms with Crippen molar-refractivity contribution in [3.05, 3.63) is 59.9 Å². The van der Waals surface area contributed by atoms with Gasteiger partial charge in [0.1, 0.15) is 24.0 Å². The van der Waals surface area contributed by atoms with Gasteiger partial charge in [-0.25, -0.2) is 4.79 Å². The molecule has 2 amide bonds. The molecule has 1 aliphatic heterocycles. The van der Waals surface area contributed by atoms with Gasteiger partial charge in [0, 0.05) is 30.2 Å². The lowest BCUT2D eigenvalue weighted by molar-refractivity contribution is -0.129. The molecular formula is C26H33N3O4. The van der Waals surface area contributed by atoms with E-state index in [0.29, 0.717) is 24.2 Å². The summed E-state index contributed by atoms with van der Waals surface area (Å²) in [5.74, 6) is -0.323. The summed E-state index contributed by atoms with van der Waals surface area (Å²) in [5.41, 5.74) is 1.59. The Kier molecular flexibility index (Phi) is 6.91. The van der Waals surface area contributed by atoms with Gasteiger partial charge in [-0.2, -0.15) is 0 Å². The van der Waals surface area contributed by atoms with Gasteiger partial charge in [-0.1, -0.05) is 39.0 Å². The van der Waals surface area contributed by atoms with Gasteiger partial charge in [0.2, 0.25) is 0 Å². The molecule has 0 aliphatic carbocycles. The molecule has 1 aliphatic rings. The van der Waals surface area contributed by atoms with Gasteiger partial charge in [-0.15, -0.1) is 0 Å². The number of nitrogens with zero attached hydrogens (tertiary/aromatic N) is 3. The Hall–Kier alpha value is -3.22. The number of hydrogen-bond acceptors (Lipinski definition) is 5. The highest BCUT2D eigenvalue weighted by Gasteiger charge is 2.44. The van der Waals surface area contributed by atoms with Crippen molar-refractivity contribution in [1.82, 2.24) is 9.88 Å². The van der Waals surface area contributed by atoms with Crippen molar-refractivity contribution >= 4 is 24.0 Å². The SMILES string of the molecule is CC(C)(C)OC(=O)N1CCC1C(=O)N(c1ccc(C(C)(C)C)cc1)C(C=O)c1cccnc1. The van der Waals surface area contributed by atoms with Crippen LogP contribution >= 0.6 is 0 Å². The van der Waals surface area contributed by atoms with E-state index in [2.05, 4.69) is 25.8 Å². The van der Waals surface area contributed by atoms with Gasteiger partial charge in [0.05, 0.1) is 0 Å². The Labute approximate surface area is 195 Å². The maximum atomic E-state index is 13.8. The number of amides is 2. The fourth-order valence-corrected chi connectivity index (χ4v) is 3.73. The van der Waals surface area contributed by atoms with Gasteiger partial charge < -0.3 is 9.53 Å². The number of anilines is 1. The summed E-state index contributed by atoms with van der Waals surface area (Å²) in [5, 5.41) is 0. The number of ether oxygens (including phenoxy) is 1. The monoisotopic (exact) mass is 451 g/mol. The summed E-state index contributed by atoms with van der Waals surface area (Å²) >= 11 is 0. The molecule has 0 bridgehead atoms. The summed E-state index contributed by atoms with van der Waals surface area (Å²) in [6, 6.07) is 9.56. The lowest BCUT2D eigenvalue weighted by Crippen LogP contribution is -2.60. The van der Waals surface area contributed by atoms with Crippen LogP contribution < -0.4 is 4.90 Å². The maximum absolute atomic E-state index is 13.8. The third-order valence-corrected chi connectivity index (χ3v) is 5.61. The average Bonchev–Trinajstić information content (AvgIpc) is 2.69. The molecule has 0 N–H and O–H groups in total. The van der Waals surface area contributed by atoms with E-state index < -0.39 is 23.8 Å². The Bertz CT molecular complexity index is 991. The van der Waals surface area contributed by atoms with Crippen LogP contribution in [-0.2, 0) is 19.7 Å². The number of likely N-dealkylation sites (tertiary alicyclic amines) is 1. The number of carbonyl (C=O) groups is 3. The lowest BCUT2D eigenvalue weighted by atomic mass is 9.87. The van der Waals surface area contributed by atoms with Crippen LogP contribution in [0, 0.1) is 0 Å². The van der Waals surface area contributed by atoms with Crippen molar-refractivity contribution < 1.29 is 19.1 Å². The van der Waals surface area contributed by atoms with Crippen LogP contribution in [0.3, 0.4) is 0 Å². The summed E-state index contributed by atoms with van der Waals surface area (Å²) < 4.78 is 5.47. The van der Waals surface area contributed by atoms with Crippen molar-refractivity contribution in [1.29, 1.82) is 0 Å². The van der Waals surface area contributed by atoms with Crippen LogP contribution in [0.5, 0.6) is 0 Å². The van der Waals surface area contributed by atoms with Gasteiger partial charge >= 0.3 is 6.09 Å². The van der Waals surface area contributed by atoms with Crippen molar-refractivity contribution in [3.63, 3.8) is 0 Å². The van der Waals surface area contributed by atoms with Crippen LogP contribution in [0.25, 0.3) is 0 Å². The number of hydrogen-bond donors (Lipinski definition) is 0. The molecule has 0 radical (unpaired) electrons. The van der Waals surface area contributed by atoms with E-state index in [1.165, 1.54) is 9.80 Å². The molecule has 1 aromatic heterocycles. The molecular weight excluding hydrogens is 418 g/mol. The highest BCUT2D eigenvalue weighted by atomic mass is 16.6. The number of benzene rings is 1. The van der Waals surface area contributed by atoms with E-state index in [0.717, 1.165) is 11.8 Å². The second kappa shape index (κ2) is 9.33. The van der Waals surface area contributed by atoms with E-state index in [4.69, 9.17) is 4.74 Å². The fourth-order valence-electron chi connectivity index (χ4n) is 3.73. The second-order valence-electron chi connectivity index (χ2n) is 10.4. The molecule has 33 heavy (non-hydrogen) atoms. The first kappa shape index (κ1) is 24.4. The van der Waals surface area contributed by atoms with Gasteiger partial charge in [-0.05, 0) is 56.4 Å². The van der Waals surface area contributed by atoms with Crippen LogP contribution in [-0.4, -0.2) is 46.4 Å². The second-order valence-corrected chi connectivity index (χ2v) is 10.4. The first-order chi connectivity index (χ1) is 15.4. The molecule has 2 atom stereocenters. The molecule has 2 unspecified atom stereocenters. The third-order valence-electron chi connectivity index (χ3n) is 5.61. The van der Waals surface area contributed by atoms with Crippen LogP contribution in [0.15, 0.2) is 48.8 Å². The Morgan fingerprint density at radius 2 is 1.79 bits per heavy atom. The minimum atomic E-state index is -0.868. The largest absolute Gasteiger partial charge is 0.444 e. The average molecular weight is 452 g/mol. The maximum Gasteiger partial charge on any atom is 0.410 e. The number of aldehydes is 1. The Morgan fingerprint density at radius 3 is 2.24 bits per heavy atom. The topological polar surface area (TPSA) is 79.8 Å². The predicted octanol–water partition coefficient (Wildman–Crippen LogP) is 4.66. The van der Waals surface area contributed by atoms with Crippen molar-refractivity contribution in [2.75, 3.05) is 11.4 Å². The van der Waals surface area contributed by atoms with Crippen molar-refractivity contribution in [2.24, 2.45) is 0 Å². The summed E-state index contributed by atoms with van der Waals surface area (Å²) in [6.45, 7) is 12.1. The van der Waals surface area contributed by atoms with E-state index in [1.54, 1.807) is 45.3 Å². The predicted molar refractivity (Wildman–Crippen MR) is 127 cm³/mol. The first-order valence-corrected chi connectivity index (χ1v) is 11.2. The normalized spacial score (nSPS) is 17.0. The Balaban J connectivity index is 1.97. The fraction of sp³-hybridized carbons (Fsp3) is 0.462. The van der Waals surface area contributed by atoms with E-state index in [1.807, 2.05) is 24.3 Å². The van der Waals surface area contributed by atoms with Crippen LogP contribution in [0.1, 0.15) is 65.1 Å². The number of carbonyl (C=O) groups excluding carboxylic acids is 3. The highest BCUT2D eigenvalue weighted by Crippen LogP contribution is 2.33. The summed E-state index contributed by atoms with van der Waals surface area (Å²) in [6.07, 6.45) is 3.91. The molecule has 1 aromatic carbocycles. The molecule has 3 rings (SSSR count). The first-order valence-electron chi connectivity index (χ1n) is 11.2.